The monoisotopic (exact) mass is 558 g/mol. The van der Waals surface area contributed by atoms with Crippen LogP contribution in [-0.2, 0) is 11.2 Å². The van der Waals surface area contributed by atoms with Gasteiger partial charge in [-0.3, -0.25) is 9.20 Å². The Balaban J connectivity index is 1.65. The number of hydrogen-bond acceptors (Lipinski definition) is 7. The molecule has 41 heavy (non-hydrogen) atoms. The second-order valence-electron chi connectivity index (χ2n) is 12.0. The van der Waals surface area contributed by atoms with Gasteiger partial charge in [-0.15, -0.1) is 0 Å². The summed E-state index contributed by atoms with van der Waals surface area (Å²) in [6.45, 7) is 11.5. The first kappa shape index (κ1) is 27.8. The summed E-state index contributed by atoms with van der Waals surface area (Å²) in [6.07, 6.45) is 3.19. The molecular formula is C30H31FN6O4. The number of carbonyl (C=O) groups excluding carboxylic acids is 1. The Kier molecular flexibility index (Phi) is 6.81. The first-order valence-electron chi connectivity index (χ1n) is 13.2. The average Bonchev–Trinajstić information content (AvgIpc) is 3.54. The molecule has 1 unspecified atom stereocenters. The number of nitrogens with one attached hydrogen (secondary N) is 1. The van der Waals surface area contributed by atoms with Gasteiger partial charge in [0.15, 0.2) is 11.3 Å². The second-order valence-corrected chi connectivity index (χ2v) is 12.0. The van der Waals surface area contributed by atoms with E-state index in [0.717, 1.165) is 0 Å². The quantitative estimate of drug-likeness (QED) is 0.348. The molecular weight excluding hydrogens is 527 g/mol. The van der Waals surface area contributed by atoms with E-state index in [2.05, 4.69) is 15.0 Å². The summed E-state index contributed by atoms with van der Waals surface area (Å²) in [5.74, 6) is 0.226. The van der Waals surface area contributed by atoms with Gasteiger partial charge in [-0.1, -0.05) is 20.8 Å². The first-order chi connectivity index (χ1) is 19.3. The number of ether oxygens (including phenoxy) is 2. The SMILES string of the molecule is CC(C)(C)C(OC(=O)N(c1ncc(-c2ccc[nH]c2=O)c2nc(C#N)cn12)C(C)(C)C)c1c(F)ccc2c1CCO2. The summed E-state index contributed by atoms with van der Waals surface area (Å²) in [4.78, 5) is 39.6. The Morgan fingerprint density at radius 2 is 1.98 bits per heavy atom. The minimum Gasteiger partial charge on any atom is -0.493 e. The Morgan fingerprint density at radius 3 is 2.63 bits per heavy atom. The number of carbonyl (C=O) groups is 1. The fourth-order valence-electron chi connectivity index (χ4n) is 5.04. The molecule has 0 saturated carbocycles. The highest BCUT2D eigenvalue weighted by Gasteiger charge is 2.40. The zero-order chi connectivity index (χ0) is 29.7. The summed E-state index contributed by atoms with van der Waals surface area (Å²) in [5, 5.41) is 9.63. The van der Waals surface area contributed by atoms with Gasteiger partial charge in [-0.25, -0.2) is 24.1 Å². The lowest BCUT2D eigenvalue weighted by atomic mass is 9.82. The summed E-state index contributed by atoms with van der Waals surface area (Å²) in [7, 11) is 0. The van der Waals surface area contributed by atoms with Crippen molar-refractivity contribution < 1.29 is 18.7 Å². The number of imidazole rings is 1. The normalized spacial score (nSPS) is 13.8. The largest absolute Gasteiger partial charge is 0.493 e. The molecule has 1 aromatic carbocycles. The van der Waals surface area contributed by atoms with Gasteiger partial charge in [-0.2, -0.15) is 5.26 Å². The Bertz CT molecular complexity index is 1760. The topological polar surface area (TPSA) is 126 Å². The number of amides is 1. The van der Waals surface area contributed by atoms with Crippen molar-refractivity contribution in [3.63, 3.8) is 0 Å². The second kappa shape index (κ2) is 10.0. The van der Waals surface area contributed by atoms with E-state index in [0.29, 0.717) is 41.0 Å². The van der Waals surface area contributed by atoms with Crippen LogP contribution in [0.3, 0.4) is 0 Å². The molecule has 1 amide bonds. The van der Waals surface area contributed by atoms with E-state index in [1.807, 2.05) is 26.8 Å². The first-order valence-corrected chi connectivity index (χ1v) is 13.2. The highest BCUT2D eigenvalue weighted by molar-refractivity contribution is 5.89. The molecule has 1 aliphatic heterocycles. The highest BCUT2D eigenvalue weighted by atomic mass is 19.1. The lowest BCUT2D eigenvalue weighted by Gasteiger charge is -2.38. The Morgan fingerprint density at radius 1 is 1.22 bits per heavy atom. The number of aromatic amines is 1. The third-order valence-electron chi connectivity index (χ3n) is 6.89. The summed E-state index contributed by atoms with van der Waals surface area (Å²) in [5.41, 5.74) is 0.101. The molecule has 0 saturated heterocycles. The van der Waals surface area contributed by atoms with Gasteiger partial charge < -0.3 is 14.5 Å². The molecule has 4 heterocycles. The minimum atomic E-state index is -0.952. The number of H-pyrrole nitrogens is 1. The molecule has 0 spiro atoms. The zero-order valence-electron chi connectivity index (χ0n) is 23.8. The summed E-state index contributed by atoms with van der Waals surface area (Å²) < 4.78 is 28.7. The van der Waals surface area contributed by atoms with Crippen LogP contribution >= 0.6 is 0 Å². The maximum atomic E-state index is 15.4. The predicted molar refractivity (Wildman–Crippen MR) is 150 cm³/mol. The van der Waals surface area contributed by atoms with Crippen LogP contribution in [-0.4, -0.2) is 37.6 Å². The third kappa shape index (κ3) is 5.01. The minimum absolute atomic E-state index is 0.0737. The lowest BCUT2D eigenvalue weighted by Crippen LogP contribution is -2.48. The number of aromatic nitrogens is 4. The van der Waals surface area contributed by atoms with Crippen LogP contribution in [0.25, 0.3) is 16.8 Å². The van der Waals surface area contributed by atoms with Crippen LogP contribution in [0.2, 0.25) is 0 Å². The van der Waals surface area contributed by atoms with E-state index >= 15 is 4.39 Å². The van der Waals surface area contributed by atoms with Crippen molar-refractivity contribution >= 4 is 17.7 Å². The van der Waals surface area contributed by atoms with Crippen molar-refractivity contribution in [1.82, 2.24) is 19.4 Å². The summed E-state index contributed by atoms with van der Waals surface area (Å²) >= 11 is 0. The predicted octanol–water partition coefficient (Wildman–Crippen LogP) is 5.56. The molecule has 0 fully saturated rings. The lowest BCUT2D eigenvalue weighted by molar-refractivity contribution is 0.0292. The van der Waals surface area contributed by atoms with E-state index < -0.39 is 29.0 Å². The molecule has 5 rings (SSSR count). The average molecular weight is 559 g/mol. The van der Waals surface area contributed by atoms with Crippen LogP contribution in [0.15, 0.2) is 47.7 Å². The number of anilines is 1. The van der Waals surface area contributed by atoms with Crippen molar-refractivity contribution in [3.05, 3.63) is 75.8 Å². The number of nitriles is 1. The number of halogens is 1. The number of rotatable bonds is 4. The van der Waals surface area contributed by atoms with Crippen molar-refractivity contribution in [2.45, 2.75) is 59.6 Å². The van der Waals surface area contributed by atoms with Gasteiger partial charge in [0.1, 0.15) is 23.7 Å². The molecule has 4 aromatic rings. The third-order valence-corrected chi connectivity index (χ3v) is 6.89. The van der Waals surface area contributed by atoms with E-state index in [-0.39, 0.29) is 22.8 Å². The number of pyridine rings is 1. The maximum Gasteiger partial charge on any atom is 0.417 e. The van der Waals surface area contributed by atoms with Crippen LogP contribution < -0.4 is 15.2 Å². The molecule has 11 heteroatoms. The van der Waals surface area contributed by atoms with Gasteiger partial charge >= 0.3 is 6.09 Å². The van der Waals surface area contributed by atoms with Crippen LogP contribution in [0.5, 0.6) is 5.75 Å². The number of nitrogens with zero attached hydrogens (tertiary/aromatic N) is 5. The van der Waals surface area contributed by atoms with Crippen LogP contribution in [0.1, 0.15) is 64.5 Å². The van der Waals surface area contributed by atoms with E-state index in [1.54, 1.807) is 39.0 Å². The van der Waals surface area contributed by atoms with Crippen molar-refractivity contribution in [2.75, 3.05) is 11.5 Å². The molecule has 1 atom stereocenters. The Hall–Kier alpha value is -4.72. The van der Waals surface area contributed by atoms with Crippen molar-refractivity contribution in [2.24, 2.45) is 5.41 Å². The fraction of sp³-hybridized carbons (Fsp3) is 0.367. The fourth-order valence-corrected chi connectivity index (χ4v) is 5.04. The standard InChI is InChI=1S/C30H31FN6O4/c1-29(2,3)24(23-19-11-13-40-22(19)10-9-21(23)31)41-28(39)37(30(4,5)6)27-34-15-20(18-8-7-12-33-26(18)38)25-35-17(14-32)16-36(25)27/h7-10,12,15-16,24H,11,13H2,1-6H3,(H,33,38). The van der Waals surface area contributed by atoms with Crippen molar-refractivity contribution in [3.8, 4) is 22.9 Å². The van der Waals surface area contributed by atoms with Crippen LogP contribution in [0.4, 0.5) is 15.1 Å². The van der Waals surface area contributed by atoms with Crippen LogP contribution in [0, 0.1) is 22.6 Å². The molecule has 212 valence electrons. The molecule has 0 bridgehead atoms. The molecule has 0 aliphatic carbocycles. The molecule has 1 aliphatic rings. The van der Waals surface area contributed by atoms with Gasteiger partial charge in [0, 0.05) is 46.5 Å². The molecule has 10 nitrogen and oxygen atoms in total. The van der Waals surface area contributed by atoms with Gasteiger partial charge in [0.05, 0.1) is 18.4 Å². The number of hydrogen-bond donors (Lipinski definition) is 1. The van der Waals surface area contributed by atoms with E-state index in [4.69, 9.17) is 9.47 Å². The molecule has 0 radical (unpaired) electrons. The summed E-state index contributed by atoms with van der Waals surface area (Å²) in [6, 6.07) is 8.23. The molecule has 3 aromatic heterocycles. The number of benzene rings is 1. The van der Waals surface area contributed by atoms with Crippen molar-refractivity contribution in [1.29, 1.82) is 5.26 Å². The zero-order valence-corrected chi connectivity index (χ0v) is 23.8. The molecule has 1 N–H and O–H groups in total. The van der Waals surface area contributed by atoms with Gasteiger partial charge in [-0.05, 0) is 45.0 Å². The smallest absolute Gasteiger partial charge is 0.417 e. The van der Waals surface area contributed by atoms with E-state index in [1.165, 1.54) is 34.0 Å². The highest BCUT2D eigenvalue weighted by Crippen LogP contribution is 2.44. The van der Waals surface area contributed by atoms with Gasteiger partial charge in [0.2, 0.25) is 5.95 Å². The van der Waals surface area contributed by atoms with E-state index in [9.17, 15) is 14.9 Å². The maximum absolute atomic E-state index is 15.4. The van der Waals surface area contributed by atoms with Gasteiger partial charge in [0.25, 0.3) is 5.56 Å². The number of fused-ring (bicyclic) bond motifs is 2. The Labute approximate surface area is 236 Å².